The van der Waals surface area contributed by atoms with Gasteiger partial charge in [0.15, 0.2) is 6.10 Å². The Morgan fingerprint density at radius 2 is 1.83 bits per heavy atom. The zero-order valence-corrected chi connectivity index (χ0v) is 16.2. The Morgan fingerprint density at radius 3 is 2.59 bits per heavy atom. The second-order valence-corrected chi connectivity index (χ2v) is 6.24. The molecule has 0 saturated carbocycles. The Hall–Kier alpha value is -3.74. The van der Waals surface area contributed by atoms with Crippen molar-refractivity contribution in [3.63, 3.8) is 0 Å². The van der Waals surface area contributed by atoms with Crippen LogP contribution in [0, 0.1) is 0 Å². The number of ether oxygens (including phenoxy) is 2. The number of hydrogen-bond donors (Lipinski definition) is 2. The highest BCUT2D eigenvalue weighted by molar-refractivity contribution is 6.04. The van der Waals surface area contributed by atoms with E-state index >= 15 is 0 Å². The van der Waals surface area contributed by atoms with Gasteiger partial charge in [-0.05, 0) is 43.3 Å². The molecule has 1 unspecified atom stereocenters. The topological polar surface area (TPSA) is 89.8 Å². The first-order valence-corrected chi connectivity index (χ1v) is 9.08. The fraction of sp³-hybridized carbons (Fsp3) is 0.182. The second-order valence-electron chi connectivity index (χ2n) is 6.24. The summed E-state index contributed by atoms with van der Waals surface area (Å²) in [6, 6.07) is 17.3. The molecule has 1 aromatic heterocycles. The molecule has 0 fully saturated rings. The van der Waals surface area contributed by atoms with Crippen LogP contribution in [0.5, 0.6) is 11.5 Å². The first-order valence-electron chi connectivity index (χ1n) is 9.08. The minimum atomic E-state index is -0.777. The van der Waals surface area contributed by atoms with Gasteiger partial charge in [-0.25, -0.2) is 0 Å². The number of anilines is 1. The van der Waals surface area contributed by atoms with Gasteiger partial charge in [0.25, 0.3) is 11.8 Å². The summed E-state index contributed by atoms with van der Waals surface area (Å²) in [6.45, 7) is 1.89. The molecule has 0 aliphatic carbocycles. The predicted molar refractivity (Wildman–Crippen MR) is 108 cm³/mol. The van der Waals surface area contributed by atoms with Crippen LogP contribution in [0.2, 0.25) is 0 Å². The number of methoxy groups -OCH3 is 1. The number of hydrogen-bond acceptors (Lipinski definition) is 5. The summed E-state index contributed by atoms with van der Waals surface area (Å²) in [5.74, 6) is 1.09. The van der Waals surface area contributed by atoms with E-state index in [1.165, 1.54) is 0 Å². The van der Waals surface area contributed by atoms with Crippen LogP contribution in [-0.4, -0.2) is 25.0 Å². The molecule has 0 radical (unpaired) electrons. The number of furan rings is 1. The number of rotatable bonds is 8. The molecule has 2 aromatic carbocycles. The molecule has 3 aromatic rings. The van der Waals surface area contributed by atoms with Crippen molar-refractivity contribution in [2.75, 3.05) is 12.4 Å². The van der Waals surface area contributed by atoms with Crippen molar-refractivity contribution >= 4 is 17.5 Å². The lowest BCUT2D eigenvalue weighted by molar-refractivity contribution is -0.122. The second kappa shape index (κ2) is 9.45. The fourth-order valence-electron chi connectivity index (χ4n) is 2.63. The number of para-hydroxylation sites is 1. The monoisotopic (exact) mass is 394 g/mol. The van der Waals surface area contributed by atoms with E-state index in [9.17, 15) is 9.59 Å². The third-order valence-corrected chi connectivity index (χ3v) is 4.16. The van der Waals surface area contributed by atoms with Gasteiger partial charge in [-0.1, -0.05) is 18.2 Å². The zero-order chi connectivity index (χ0) is 20.6. The van der Waals surface area contributed by atoms with Gasteiger partial charge >= 0.3 is 0 Å². The quantitative estimate of drug-likeness (QED) is 0.609. The molecule has 1 atom stereocenters. The molecule has 0 saturated heterocycles. The van der Waals surface area contributed by atoms with Crippen molar-refractivity contribution < 1.29 is 23.5 Å². The lowest BCUT2D eigenvalue weighted by Crippen LogP contribution is -2.31. The smallest absolute Gasteiger partial charge is 0.265 e. The number of carbonyl (C=O) groups is 2. The molecular weight excluding hydrogens is 372 g/mol. The van der Waals surface area contributed by atoms with Crippen LogP contribution in [0.25, 0.3) is 0 Å². The Bertz CT molecular complexity index is 969. The summed E-state index contributed by atoms with van der Waals surface area (Å²) in [6.07, 6.45) is 0.765. The molecule has 7 heteroatoms. The Kier molecular flexibility index (Phi) is 6.52. The van der Waals surface area contributed by atoms with Gasteiger partial charge in [-0.3, -0.25) is 9.59 Å². The van der Waals surface area contributed by atoms with Gasteiger partial charge in [0.1, 0.15) is 17.3 Å². The van der Waals surface area contributed by atoms with Gasteiger partial charge in [0.05, 0.1) is 31.2 Å². The maximum Gasteiger partial charge on any atom is 0.265 e. The predicted octanol–water partition coefficient (Wildman–Crippen LogP) is 3.62. The van der Waals surface area contributed by atoms with Crippen LogP contribution in [0.15, 0.2) is 71.3 Å². The van der Waals surface area contributed by atoms with E-state index in [0.717, 1.165) is 0 Å². The summed E-state index contributed by atoms with van der Waals surface area (Å²) in [5.41, 5.74) is 0.747. The molecule has 2 amide bonds. The fourth-order valence-corrected chi connectivity index (χ4v) is 2.63. The lowest BCUT2D eigenvalue weighted by Gasteiger charge is -2.16. The highest BCUT2D eigenvalue weighted by atomic mass is 16.5. The zero-order valence-electron chi connectivity index (χ0n) is 16.2. The van der Waals surface area contributed by atoms with Crippen LogP contribution in [0.4, 0.5) is 5.69 Å². The van der Waals surface area contributed by atoms with Crippen LogP contribution in [0.3, 0.4) is 0 Å². The summed E-state index contributed by atoms with van der Waals surface area (Å²) in [5, 5.41) is 5.52. The van der Waals surface area contributed by atoms with Crippen molar-refractivity contribution in [1.82, 2.24) is 5.32 Å². The van der Waals surface area contributed by atoms with Crippen LogP contribution in [0.1, 0.15) is 23.0 Å². The molecular formula is C22H22N2O5. The summed E-state index contributed by atoms with van der Waals surface area (Å²) < 4.78 is 16.0. The summed E-state index contributed by atoms with van der Waals surface area (Å²) in [7, 11) is 1.56. The maximum atomic E-state index is 12.6. The summed E-state index contributed by atoms with van der Waals surface area (Å²) >= 11 is 0. The standard InChI is InChI=1S/C22H22N2O5/c1-15(29-17-8-5-7-16(13-17)27-2)21(25)24-20-11-4-3-10-19(20)22(26)23-14-18-9-6-12-28-18/h3-13,15H,14H2,1-2H3,(H,23,26)(H,24,25). The molecule has 150 valence electrons. The van der Waals surface area contributed by atoms with Gasteiger partial charge in [0, 0.05) is 6.07 Å². The number of nitrogens with one attached hydrogen (secondary N) is 2. The van der Waals surface area contributed by atoms with E-state index in [2.05, 4.69) is 10.6 Å². The SMILES string of the molecule is COc1cccc(OC(C)C(=O)Nc2ccccc2C(=O)NCc2ccco2)c1. The molecule has 7 nitrogen and oxygen atoms in total. The Labute approximate surface area is 168 Å². The maximum absolute atomic E-state index is 12.6. The number of amides is 2. The lowest BCUT2D eigenvalue weighted by atomic mass is 10.1. The molecule has 0 aliphatic heterocycles. The minimum Gasteiger partial charge on any atom is -0.497 e. The first-order chi connectivity index (χ1) is 14.1. The normalized spacial score (nSPS) is 11.4. The Morgan fingerprint density at radius 1 is 1.03 bits per heavy atom. The van der Waals surface area contributed by atoms with E-state index in [-0.39, 0.29) is 18.4 Å². The third-order valence-electron chi connectivity index (χ3n) is 4.16. The molecule has 0 aliphatic rings. The van der Waals surface area contributed by atoms with E-state index in [1.807, 2.05) is 0 Å². The van der Waals surface area contributed by atoms with E-state index in [4.69, 9.17) is 13.9 Å². The third kappa shape index (κ3) is 5.38. The molecule has 3 rings (SSSR count). The van der Waals surface area contributed by atoms with Crippen molar-refractivity contribution in [2.24, 2.45) is 0 Å². The van der Waals surface area contributed by atoms with Gasteiger partial charge < -0.3 is 24.5 Å². The molecule has 2 N–H and O–H groups in total. The number of carbonyl (C=O) groups excluding carboxylic acids is 2. The minimum absolute atomic E-state index is 0.253. The van der Waals surface area contributed by atoms with Gasteiger partial charge in [-0.2, -0.15) is 0 Å². The van der Waals surface area contributed by atoms with E-state index < -0.39 is 6.10 Å². The average Bonchev–Trinajstić information content (AvgIpc) is 3.26. The Balaban J connectivity index is 1.64. The van der Waals surface area contributed by atoms with Crippen LogP contribution < -0.4 is 20.1 Å². The highest BCUT2D eigenvalue weighted by Crippen LogP contribution is 2.21. The average molecular weight is 394 g/mol. The first kappa shape index (κ1) is 20.0. The van der Waals surface area contributed by atoms with Gasteiger partial charge in [-0.15, -0.1) is 0 Å². The number of benzene rings is 2. The summed E-state index contributed by atoms with van der Waals surface area (Å²) in [4.78, 5) is 25.1. The van der Waals surface area contributed by atoms with Crippen molar-refractivity contribution in [2.45, 2.75) is 19.6 Å². The van der Waals surface area contributed by atoms with Crippen LogP contribution >= 0.6 is 0 Å². The highest BCUT2D eigenvalue weighted by Gasteiger charge is 2.18. The van der Waals surface area contributed by atoms with Crippen molar-refractivity contribution in [3.8, 4) is 11.5 Å². The molecule has 0 spiro atoms. The molecule has 1 heterocycles. The molecule has 29 heavy (non-hydrogen) atoms. The van der Waals surface area contributed by atoms with Crippen molar-refractivity contribution in [3.05, 3.63) is 78.3 Å². The molecule has 0 bridgehead atoms. The largest absolute Gasteiger partial charge is 0.497 e. The van der Waals surface area contributed by atoms with E-state index in [1.54, 1.807) is 81.0 Å². The van der Waals surface area contributed by atoms with Crippen LogP contribution in [-0.2, 0) is 11.3 Å². The van der Waals surface area contributed by atoms with E-state index in [0.29, 0.717) is 28.5 Å². The van der Waals surface area contributed by atoms with Crippen molar-refractivity contribution in [1.29, 1.82) is 0 Å². The van der Waals surface area contributed by atoms with Gasteiger partial charge in [0.2, 0.25) is 0 Å².